The number of anilines is 1. The van der Waals surface area contributed by atoms with E-state index in [1.807, 2.05) is 38.1 Å². The molecule has 1 N–H and O–H groups in total. The zero-order valence-corrected chi connectivity index (χ0v) is 14.4. The fraction of sp³-hybridized carbons (Fsp3) is 0.579. The van der Waals surface area contributed by atoms with Crippen molar-refractivity contribution < 1.29 is 9.84 Å². The third-order valence-electron chi connectivity index (χ3n) is 5.82. The number of benzene rings is 1. The molecule has 4 rings (SSSR count). The first-order chi connectivity index (χ1) is 11.6. The first-order valence-corrected chi connectivity index (χ1v) is 8.92. The van der Waals surface area contributed by atoms with Crippen LogP contribution in [0, 0.1) is 12.3 Å². The molecule has 1 aromatic heterocycles. The van der Waals surface area contributed by atoms with Crippen LogP contribution in [0.25, 0.3) is 11.0 Å². The van der Waals surface area contributed by atoms with E-state index in [0.717, 1.165) is 61.5 Å². The lowest BCUT2D eigenvalue weighted by atomic mass is 9.58. The molecule has 0 radical (unpaired) electrons. The van der Waals surface area contributed by atoms with Gasteiger partial charge in [0, 0.05) is 31.5 Å². The lowest BCUT2D eigenvalue weighted by Crippen LogP contribution is -2.62. The highest BCUT2D eigenvalue weighted by atomic mass is 16.5. The van der Waals surface area contributed by atoms with Crippen LogP contribution in [0.2, 0.25) is 0 Å². The van der Waals surface area contributed by atoms with E-state index in [-0.39, 0.29) is 17.6 Å². The van der Waals surface area contributed by atoms with E-state index in [1.165, 1.54) is 0 Å². The molecule has 2 unspecified atom stereocenters. The van der Waals surface area contributed by atoms with Crippen LogP contribution in [0.5, 0.6) is 0 Å². The first kappa shape index (κ1) is 15.8. The third-order valence-corrected chi connectivity index (χ3v) is 5.82. The van der Waals surface area contributed by atoms with Gasteiger partial charge in [0.25, 0.3) is 0 Å². The average Bonchev–Trinajstić information content (AvgIpc) is 2.61. The Morgan fingerprint density at radius 1 is 1.21 bits per heavy atom. The van der Waals surface area contributed by atoms with Crippen LogP contribution in [-0.2, 0) is 4.74 Å². The molecule has 0 bridgehead atoms. The number of aryl methyl sites for hydroxylation is 1. The summed E-state index contributed by atoms with van der Waals surface area (Å²) in [5.41, 5.74) is 2.80. The maximum absolute atomic E-state index is 10.3. The van der Waals surface area contributed by atoms with Gasteiger partial charge in [0.15, 0.2) is 5.82 Å². The van der Waals surface area contributed by atoms with E-state index in [0.29, 0.717) is 0 Å². The van der Waals surface area contributed by atoms with Gasteiger partial charge in [-0.25, -0.2) is 9.97 Å². The number of hydrogen-bond donors (Lipinski definition) is 1. The van der Waals surface area contributed by atoms with Crippen molar-refractivity contribution in [3.8, 4) is 0 Å². The summed E-state index contributed by atoms with van der Waals surface area (Å²) in [7, 11) is 0. The van der Waals surface area contributed by atoms with E-state index >= 15 is 0 Å². The predicted octanol–water partition coefficient (Wildman–Crippen LogP) is 2.69. The van der Waals surface area contributed by atoms with E-state index in [4.69, 9.17) is 14.7 Å². The van der Waals surface area contributed by atoms with Gasteiger partial charge in [-0.2, -0.15) is 0 Å². The summed E-state index contributed by atoms with van der Waals surface area (Å²) in [5, 5.41) is 10.3. The normalized spacial score (nSPS) is 25.9. The number of aliphatic hydroxyl groups excluding tert-OH is 1. The van der Waals surface area contributed by atoms with Crippen molar-refractivity contribution in [3.05, 3.63) is 30.0 Å². The fourth-order valence-corrected chi connectivity index (χ4v) is 4.33. The van der Waals surface area contributed by atoms with E-state index < -0.39 is 0 Å². The molecule has 2 aromatic rings. The Kier molecular flexibility index (Phi) is 3.93. The molecule has 5 heteroatoms. The molecule has 128 valence electrons. The number of ether oxygens (including phenoxy) is 1. The summed E-state index contributed by atoms with van der Waals surface area (Å²) >= 11 is 0. The maximum Gasteiger partial charge on any atom is 0.150 e. The summed E-state index contributed by atoms with van der Waals surface area (Å²) in [5.74, 6) is 0.977. The molecule has 2 aliphatic rings. The first-order valence-electron chi connectivity index (χ1n) is 8.92. The lowest BCUT2D eigenvalue weighted by molar-refractivity contribution is -0.199. The Hall–Kier alpha value is -1.72. The molecule has 2 fully saturated rings. The Bertz CT molecular complexity index is 738. The molecule has 2 atom stereocenters. The van der Waals surface area contributed by atoms with Gasteiger partial charge in [0.05, 0.1) is 28.9 Å². The van der Waals surface area contributed by atoms with E-state index in [2.05, 4.69) is 4.90 Å². The highest BCUT2D eigenvalue weighted by Crippen LogP contribution is 2.51. The molecule has 1 aliphatic heterocycles. The van der Waals surface area contributed by atoms with E-state index in [1.54, 1.807) is 0 Å². The van der Waals surface area contributed by atoms with Crippen LogP contribution in [0.3, 0.4) is 0 Å². The Balaban J connectivity index is 1.55. The lowest BCUT2D eigenvalue weighted by Gasteiger charge is -2.56. The highest BCUT2D eigenvalue weighted by molar-refractivity contribution is 5.76. The minimum Gasteiger partial charge on any atom is -0.392 e. The topological polar surface area (TPSA) is 58.5 Å². The van der Waals surface area contributed by atoms with Gasteiger partial charge in [-0.15, -0.1) is 0 Å². The number of hydrogen-bond acceptors (Lipinski definition) is 5. The number of aromatic nitrogens is 2. The van der Waals surface area contributed by atoms with Crippen molar-refractivity contribution in [2.45, 2.75) is 45.3 Å². The molecule has 1 spiro atoms. The number of nitrogens with zero attached hydrogens (tertiary/aromatic N) is 3. The van der Waals surface area contributed by atoms with Gasteiger partial charge in [-0.1, -0.05) is 12.1 Å². The number of para-hydroxylation sites is 2. The molecule has 0 amide bonds. The second kappa shape index (κ2) is 5.97. The summed E-state index contributed by atoms with van der Waals surface area (Å²) in [6, 6.07) is 8.00. The summed E-state index contributed by atoms with van der Waals surface area (Å²) < 4.78 is 5.86. The number of aliphatic hydroxyl groups is 1. The quantitative estimate of drug-likeness (QED) is 0.939. The smallest absolute Gasteiger partial charge is 0.150 e. The van der Waals surface area contributed by atoms with Crippen LogP contribution in [0.4, 0.5) is 5.82 Å². The molecule has 24 heavy (non-hydrogen) atoms. The maximum atomic E-state index is 10.3. The standard InChI is InChI=1S/C19H25N3O2/c1-3-24-17-12-16(23)19(17)8-10-22(11-9-19)18-13(2)20-14-6-4-5-7-15(14)21-18/h4-7,16-17,23H,3,8-12H2,1-2H3. The van der Waals surface area contributed by atoms with Crippen molar-refractivity contribution in [3.63, 3.8) is 0 Å². The third kappa shape index (κ3) is 2.38. The molecule has 1 saturated heterocycles. The highest BCUT2D eigenvalue weighted by Gasteiger charge is 2.56. The van der Waals surface area contributed by atoms with Gasteiger partial charge in [-0.05, 0) is 38.8 Å². The minimum atomic E-state index is -0.222. The largest absolute Gasteiger partial charge is 0.392 e. The van der Waals surface area contributed by atoms with Crippen molar-refractivity contribution in [1.29, 1.82) is 0 Å². The second-order valence-electron chi connectivity index (χ2n) is 7.04. The summed E-state index contributed by atoms with van der Waals surface area (Å²) in [4.78, 5) is 11.9. The monoisotopic (exact) mass is 327 g/mol. The van der Waals surface area contributed by atoms with E-state index in [9.17, 15) is 5.11 Å². The van der Waals surface area contributed by atoms with Gasteiger partial charge in [-0.3, -0.25) is 0 Å². The Morgan fingerprint density at radius 3 is 2.50 bits per heavy atom. The zero-order valence-electron chi connectivity index (χ0n) is 14.4. The van der Waals surface area contributed by atoms with Gasteiger partial charge in [0.1, 0.15) is 0 Å². The Morgan fingerprint density at radius 2 is 1.88 bits per heavy atom. The number of fused-ring (bicyclic) bond motifs is 1. The molecule has 1 aliphatic carbocycles. The molecular weight excluding hydrogens is 302 g/mol. The molecule has 5 nitrogen and oxygen atoms in total. The summed E-state index contributed by atoms with van der Waals surface area (Å²) in [6.45, 7) is 6.57. The molecular formula is C19H25N3O2. The molecule has 1 saturated carbocycles. The van der Waals surface area contributed by atoms with Crippen molar-refractivity contribution in [2.24, 2.45) is 5.41 Å². The van der Waals surface area contributed by atoms with Crippen LogP contribution in [0.1, 0.15) is 31.9 Å². The van der Waals surface area contributed by atoms with Crippen molar-refractivity contribution in [1.82, 2.24) is 9.97 Å². The van der Waals surface area contributed by atoms with Crippen LogP contribution in [0.15, 0.2) is 24.3 Å². The summed E-state index contributed by atoms with van der Waals surface area (Å²) in [6.07, 6.45) is 2.67. The van der Waals surface area contributed by atoms with Gasteiger partial charge >= 0.3 is 0 Å². The molecule has 1 aromatic carbocycles. The zero-order chi connectivity index (χ0) is 16.7. The van der Waals surface area contributed by atoms with Crippen LogP contribution < -0.4 is 4.90 Å². The predicted molar refractivity (Wildman–Crippen MR) is 94.2 cm³/mol. The van der Waals surface area contributed by atoms with Crippen LogP contribution >= 0.6 is 0 Å². The number of piperidine rings is 1. The van der Waals surface area contributed by atoms with Gasteiger partial charge in [0.2, 0.25) is 0 Å². The Labute approximate surface area is 142 Å². The fourth-order valence-electron chi connectivity index (χ4n) is 4.33. The van der Waals surface area contributed by atoms with Gasteiger partial charge < -0.3 is 14.7 Å². The van der Waals surface area contributed by atoms with Crippen molar-refractivity contribution >= 4 is 16.9 Å². The van der Waals surface area contributed by atoms with Crippen molar-refractivity contribution in [2.75, 3.05) is 24.6 Å². The van der Waals surface area contributed by atoms with Crippen LogP contribution in [-0.4, -0.2) is 47.0 Å². The number of rotatable bonds is 3. The molecule has 2 heterocycles. The minimum absolute atomic E-state index is 0.0509. The SMILES string of the molecule is CCOC1CC(O)C12CCN(c1nc3ccccc3nc1C)CC2. The average molecular weight is 327 g/mol. The second-order valence-corrected chi connectivity index (χ2v) is 7.04.